The van der Waals surface area contributed by atoms with Gasteiger partial charge in [0.2, 0.25) is 0 Å². The Hall–Kier alpha value is -0.900. The Kier molecular flexibility index (Phi) is 4.34. The number of nitrogens with two attached hydrogens (primary N) is 1. The number of nitrogens with zero attached hydrogens (tertiary/aromatic N) is 1. The minimum Gasteiger partial charge on any atom is -0.372 e. The summed E-state index contributed by atoms with van der Waals surface area (Å²) < 4.78 is 5.88. The quantitative estimate of drug-likeness (QED) is 0.811. The van der Waals surface area contributed by atoms with Crippen LogP contribution in [0, 0.1) is 0 Å². The van der Waals surface area contributed by atoms with Crippen molar-refractivity contribution in [1.29, 1.82) is 0 Å². The molecule has 1 fully saturated rings. The lowest BCUT2D eigenvalue weighted by atomic mass is 10.2. The van der Waals surface area contributed by atoms with Gasteiger partial charge in [-0.3, -0.25) is 4.90 Å². The first kappa shape index (κ1) is 11.6. The van der Waals surface area contributed by atoms with Crippen molar-refractivity contribution < 1.29 is 4.74 Å². The first-order chi connectivity index (χ1) is 7.88. The summed E-state index contributed by atoms with van der Waals surface area (Å²) in [6, 6.07) is 10.3. The standard InChI is InChI=1S/C13H20N2O/c14-7-9-15-8-6-13(10-15)16-11-12-4-2-1-3-5-12/h1-5,13H,6-11,14H2. The molecule has 0 aromatic heterocycles. The van der Waals surface area contributed by atoms with Crippen LogP contribution in [0.25, 0.3) is 0 Å². The molecule has 0 spiro atoms. The summed E-state index contributed by atoms with van der Waals surface area (Å²) in [6.07, 6.45) is 1.51. The third-order valence-electron chi connectivity index (χ3n) is 3.00. The molecular formula is C13H20N2O. The van der Waals surface area contributed by atoms with Gasteiger partial charge in [-0.25, -0.2) is 0 Å². The fourth-order valence-corrected chi connectivity index (χ4v) is 2.11. The highest BCUT2D eigenvalue weighted by Gasteiger charge is 2.21. The second-order valence-electron chi connectivity index (χ2n) is 4.30. The van der Waals surface area contributed by atoms with Crippen LogP contribution >= 0.6 is 0 Å². The van der Waals surface area contributed by atoms with E-state index in [2.05, 4.69) is 17.0 Å². The summed E-state index contributed by atoms with van der Waals surface area (Å²) in [6.45, 7) is 4.61. The molecule has 1 atom stereocenters. The number of benzene rings is 1. The molecule has 1 aromatic carbocycles. The van der Waals surface area contributed by atoms with Crippen molar-refractivity contribution in [1.82, 2.24) is 4.90 Å². The van der Waals surface area contributed by atoms with Crippen molar-refractivity contribution in [3.8, 4) is 0 Å². The molecule has 1 saturated heterocycles. The van der Waals surface area contributed by atoms with E-state index in [0.29, 0.717) is 6.10 Å². The van der Waals surface area contributed by atoms with Crippen LogP contribution in [-0.4, -0.2) is 37.2 Å². The molecule has 1 aromatic rings. The van der Waals surface area contributed by atoms with Crippen molar-refractivity contribution in [3.05, 3.63) is 35.9 Å². The minimum absolute atomic E-state index is 0.381. The first-order valence-electron chi connectivity index (χ1n) is 5.96. The highest BCUT2D eigenvalue weighted by atomic mass is 16.5. The highest BCUT2D eigenvalue weighted by Crippen LogP contribution is 2.14. The highest BCUT2D eigenvalue weighted by molar-refractivity contribution is 5.13. The number of hydrogen-bond donors (Lipinski definition) is 1. The van der Waals surface area contributed by atoms with Gasteiger partial charge >= 0.3 is 0 Å². The number of ether oxygens (including phenoxy) is 1. The van der Waals surface area contributed by atoms with Crippen LogP contribution in [0.4, 0.5) is 0 Å². The lowest BCUT2D eigenvalue weighted by Crippen LogP contribution is -2.28. The molecule has 1 heterocycles. The van der Waals surface area contributed by atoms with E-state index in [-0.39, 0.29) is 0 Å². The predicted molar refractivity (Wildman–Crippen MR) is 65.1 cm³/mol. The minimum atomic E-state index is 0.381. The molecule has 88 valence electrons. The van der Waals surface area contributed by atoms with Crippen LogP contribution in [0.15, 0.2) is 30.3 Å². The maximum atomic E-state index is 5.88. The van der Waals surface area contributed by atoms with Crippen molar-refractivity contribution >= 4 is 0 Å². The predicted octanol–water partition coefficient (Wildman–Crippen LogP) is 1.24. The number of hydrogen-bond acceptors (Lipinski definition) is 3. The van der Waals surface area contributed by atoms with Gasteiger partial charge < -0.3 is 10.5 Å². The van der Waals surface area contributed by atoms with E-state index in [4.69, 9.17) is 10.5 Å². The van der Waals surface area contributed by atoms with Gasteiger partial charge in [0.25, 0.3) is 0 Å². The third kappa shape index (κ3) is 3.30. The largest absolute Gasteiger partial charge is 0.372 e. The summed E-state index contributed by atoms with van der Waals surface area (Å²) in [7, 11) is 0. The Morgan fingerprint density at radius 3 is 2.88 bits per heavy atom. The van der Waals surface area contributed by atoms with Crippen molar-refractivity contribution in [2.75, 3.05) is 26.2 Å². The van der Waals surface area contributed by atoms with E-state index >= 15 is 0 Å². The van der Waals surface area contributed by atoms with Crippen LogP contribution in [0.3, 0.4) is 0 Å². The molecule has 2 rings (SSSR count). The smallest absolute Gasteiger partial charge is 0.0721 e. The van der Waals surface area contributed by atoms with Gasteiger partial charge in [-0.15, -0.1) is 0 Å². The van der Waals surface area contributed by atoms with E-state index in [0.717, 1.165) is 39.2 Å². The molecule has 1 aliphatic rings. The maximum absolute atomic E-state index is 5.88. The lowest BCUT2D eigenvalue weighted by molar-refractivity contribution is 0.0469. The second-order valence-corrected chi connectivity index (χ2v) is 4.30. The summed E-state index contributed by atoms with van der Waals surface area (Å²) >= 11 is 0. The Morgan fingerprint density at radius 2 is 2.12 bits per heavy atom. The molecule has 0 amide bonds. The van der Waals surface area contributed by atoms with Gasteiger partial charge in [-0.05, 0) is 12.0 Å². The van der Waals surface area contributed by atoms with E-state index in [1.807, 2.05) is 18.2 Å². The van der Waals surface area contributed by atoms with Gasteiger partial charge in [0.15, 0.2) is 0 Å². The van der Waals surface area contributed by atoms with Crippen LogP contribution in [-0.2, 0) is 11.3 Å². The van der Waals surface area contributed by atoms with E-state index in [1.54, 1.807) is 0 Å². The average Bonchev–Trinajstić information content (AvgIpc) is 2.76. The summed E-state index contributed by atoms with van der Waals surface area (Å²) in [4.78, 5) is 2.37. The topological polar surface area (TPSA) is 38.5 Å². The van der Waals surface area contributed by atoms with E-state index in [9.17, 15) is 0 Å². The number of rotatable bonds is 5. The van der Waals surface area contributed by atoms with Crippen molar-refractivity contribution in [3.63, 3.8) is 0 Å². The van der Waals surface area contributed by atoms with Gasteiger partial charge in [-0.2, -0.15) is 0 Å². The molecule has 16 heavy (non-hydrogen) atoms. The number of likely N-dealkylation sites (tertiary alicyclic amines) is 1. The van der Waals surface area contributed by atoms with Crippen LogP contribution in [0.1, 0.15) is 12.0 Å². The van der Waals surface area contributed by atoms with Crippen molar-refractivity contribution in [2.24, 2.45) is 5.73 Å². The average molecular weight is 220 g/mol. The molecule has 0 saturated carbocycles. The molecule has 0 radical (unpaired) electrons. The van der Waals surface area contributed by atoms with Gasteiger partial charge in [-0.1, -0.05) is 30.3 Å². The van der Waals surface area contributed by atoms with Gasteiger partial charge in [0.1, 0.15) is 0 Å². The summed E-state index contributed by atoms with van der Waals surface area (Å²) in [5, 5.41) is 0. The van der Waals surface area contributed by atoms with Crippen molar-refractivity contribution in [2.45, 2.75) is 19.1 Å². The molecule has 0 bridgehead atoms. The van der Waals surface area contributed by atoms with Crippen LogP contribution in [0.5, 0.6) is 0 Å². The van der Waals surface area contributed by atoms with Gasteiger partial charge in [0.05, 0.1) is 12.7 Å². The fourth-order valence-electron chi connectivity index (χ4n) is 2.11. The Labute approximate surface area is 97.2 Å². The summed E-state index contributed by atoms with van der Waals surface area (Å²) in [5.41, 5.74) is 6.79. The molecular weight excluding hydrogens is 200 g/mol. The Bertz CT molecular complexity index is 302. The molecule has 1 aliphatic heterocycles. The fraction of sp³-hybridized carbons (Fsp3) is 0.538. The Morgan fingerprint density at radius 1 is 1.31 bits per heavy atom. The molecule has 3 heteroatoms. The SMILES string of the molecule is NCCN1CCC(OCc2ccccc2)C1. The molecule has 3 nitrogen and oxygen atoms in total. The van der Waals surface area contributed by atoms with Crippen LogP contribution in [0.2, 0.25) is 0 Å². The maximum Gasteiger partial charge on any atom is 0.0721 e. The van der Waals surface area contributed by atoms with E-state index < -0.39 is 0 Å². The Balaban J connectivity index is 1.72. The molecule has 1 unspecified atom stereocenters. The van der Waals surface area contributed by atoms with Crippen LogP contribution < -0.4 is 5.73 Å². The zero-order valence-electron chi connectivity index (χ0n) is 9.64. The van der Waals surface area contributed by atoms with Gasteiger partial charge in [0, 0.05) is 26.2 Å². The van der Waals surface area contributed by atoms with E-state index in [1.165, 1.54) is 5.56 Å². The monoisotopic (exact) mass is 220 g/mol. The zero-order valence-corrected chi connectivity index (χ0v) is 9.64. The molecule has 0 aliphatic carbocycles. The second kappa shape index (κ2) is 5.99. The zero-order chi connectivity index (χ0) is 11.2. The molecule has 2 N–H and O–H groups in total. The summed E-state index contributed by atoms with van der Waals surface area (Å²) in [5.74, 6) is 0. The normalized spacial score (nSPS) is 21.4. The first-order valence-corrected chi connectivity index (χ1v) is 5.96. The lowest BCUT2D eigenvalue weighted by Gasteiger charge is -2.15. The third-order valence-corrected chi connectivity index (χ3v) is 3.00.